The van der Waals surface area contributed by atoms with Crippen LogP contribution in [0.4, 0.5) is 4.79 Å². The summed E-state index contributed by atoms with van der Waals surface area (Å²) in [7, 11) is 0. The summed E-state index contributed by atoms with van der Waals surface area (Å²) in [5.74, 6) is 3.48. The highest BCUT2D eigenvalue weighted by atomic mass is 16.2. The zero-order valence-corrected chi connectivity index (χ0v) is 13.9. The molecule has 4 rings (SSSR count). The van der Waals surface area contributed by atoms with Gasteiger partial charge >= 0.3 is 6.03 Å². The molecule has 3 atom stereocenters. The highest BCUT2D eigenvalue weighted by Gasteiger charge is 2.35. The van der Waals surface area contributed by atoms with Gasteiger partial charge in [0.1, 0.15) is 11.6 Å². The van der Waals surface area contributed by atoms with Gasteiger partial charge in [-0.25, -0.2) is 14.5 Å². The minimum absolute atomic E-state index is 0.00669. The van der Waals surface area contributed by atoms with Crippen molar-refractivity contribution in [3.63, 3.8) is 0 Å². The lowest BCUT2D eigenvalue weighted by Gasteiger charge is -2.31. The Morgan fingerprint density at radius 3 is 2.78 bits per heavy atom. The highest BCUT2D eigenvalue weighted by Crippen LogP contribution is 2.43. The predicted octanol–water partition coefficient (Wildman–Crippen LogP) is 2.69. The normalized spacial score (nSPS) is 30.6. The van der Waals surface area contributed by atoms with Gasteiger partial charge in [0.15, 0.2) is 0 Å². The van der Waals surface area contributed by atoms with Crippen LogP contribution in [0.5, 0.6) is 0 Å². The molecular formula is C17H27N5O. The lowest BCUT2D eigenvalue weighted by Crippen LogP contribution is -2.46. The molecule has 2 heterocycles. The molecule has 0 saturated heterocycles. The Morgan fingerprint density at radius 1 is 1.09 bits per heavy atom. The van der Waals surface area contributed by atoms with E-state index < -0.39 is 0 Å². The summed E-state index contributed by atoms with van der Waals surface area (Å²) in [4.78, 5) is 16.9. The van der Waals surface area contributed by atoms with Gasteiger partial charge in [0.2, 0.25) is 0 Å². The Hall–Kier alpha value is -1.59. The van der Waals surface area contributed by atoms with E-state index >= 15 is 0 Å². The average molecular weight is 317 g/mol. The van der Waals surface area contributed by atoms with Gasteiger partial charge in [-0.3, -0.25) is 0 Å². The number of hydrogen-bond acceptors (Lipinski definition) is 3. The van der Waals surface area contributed by atoms with E-state index in [9.17, 15) is 4.79 Å². The van der Waals surface area contributed by atoms with Crippen molar-refractivity contribution in [3.8, 4) is 0 Å². The lowest BCUT2D eigenvalue weighted by molar-refractivity contribution is 0.214. The first kappa shape index (κ1) is 15.0. The van der Waals surface area contributed by atoms with Crippen molar-refractivity contribution < 1.29 is 4.79 Å². The Labute approximate surface area is 137 Å². The molecule has 23 heavy (non-hydrogen) atoms. The number of aromatic nitrogens is 3. The summed E-state index contributed by atoms with van der Waals surface area (Å²) >= 11 is 0. The fraction of sp³-hybridized carbons (Fsp3) is 0.824. The Kier molecular flexibility index (Phi) is 3.99. The number of hydrogen-bond donors (Lipinski definition) is 2. The van der Waals surface area contributed by atoms with Gasteiger partial charge in [-0.15, -0.1) is 0 Å². The number of rotatable bonds is 3. The smallest absolute Gasteiger partial charge is 0.315 e. The van der Waals surface area contributed by atoms with E-state index in [2.05, 4.69) is 20.7 Å². The van der Waals surface area contributed by atoms with Crippen LogP contribution in [0, 0.1) is 18.8 Å². The molecule has 0 unspecified atom stereocenters. The third kappa shape index (κ3) is 3.35. The van der Waals surface area contributed by atoms with E-state index in [-0.39, 0.29) is 12.1 Å². The number of carbonyl (C=O) groups excluding carboxylic acids is 1. The first-order chi connectivity index (χ1) is 11.2. The van der Waals surface area contributed by atoms with Crippen molar-refractivity contribution in [3.05, 3.63) is 11.6 Å². The molecule has 3 aliphatic rings. The minimum atomic E-state index is -0.0365. The predicted molar refractivity (Wildman–Crippen MR) is 86.9 cm³/mol. The molecule has 0 radical (unpaired) electrons. The van der Waals surface area contributed by atoms with Crippen LogP contribution in [-0.4, -0.2) is 26.8 Å². The van der Waals surface area contributed by atoms with Gasteiger partial charge in [0.25, 0.3) is 0 Å². The molecule has 2 N–H and O–H groups in total. The van der Waals surface area contributed by atoms with Gasteiger partial charge < -0.3 is 10.6 Å². The lowest BCUT2D eigenvalue weighted by atomic mass is 9.83. The molecule has 0 bridgehead atoms. The van der Waals surface area contributed by atoms with Crippen LogP contribution in [0.15, 0.2) is 0 Å². The summed E-state index contributed by atoms with van der Waals surface area (Å²) in [6.07, 6.45) is 9.68. The molecule has 1 aromatic heterocycles. The monoisotopic (exact) mass is 317 g/mol. The van der Waals surface area contributed by atoms with Gasteiger partial charge in [0, 0.05) is 12.6 Å². The second-order valence-electron chi connectivity index (χ2n) is 7.51. The van der Waals surface area contributed by atoms with E-state index in [0.29, 0.717) is 6.04 Å². The van der Waals surface area contributed by atoms with Crippen LogP contribution in [-0.2, 0) is 6.54 Å². The zero-order valence-electron chi connectivity index (χ0n) is 13.9. The van der Waals surface area contributed by atoms with Gasteiger partial charge in [0.05, 0.1) is 6.04 Å². The topological polar surface area (TPSA) is 71.8 Å². The molecule has 2 aliphatic carbocycles. The van der Waals surface area contributed by atoms with Gasteiger partial charge in [-0.1, -0.05) is 12.8 Å². The Bertz CT molecular complexity index is 580. The summed E-state index contributed by atoms with van der Waals surface area (Å²) in [6, 6.07) is 0.302. The van der Waals surface area contributed by atoms with Crippen LogP contribution in [0.1, 0.15) is 69.1 Å². The molecule has 6 nitrogen and oxygen atoms in total. The van der Waals surface area contributed by atoms with Crippen molar-refractivity contribution in [1.29, 1.82) is 0 Å². The largest absolute Gasteiger partial charge is 0.335 e. The van der Waals surface area contributed by atoms with Crippen LogP contribution < -0.4 is 10.6 Å². The fourth-order valence-corrected chi connectivity index (χ4v) is 4.34. The molecule has 2 amide bonds. The summed E-state index contributed by atoms with van der Waals surface area (Å²) in [5.41, 5.74) is 0. The second kappa shape index (κ2) is 6.13. The maximum Gasteiger partial charge on any atom is 0.315 e. The number of nitrogens with one attached hydrogen (secondary N) is 2. The standard InChI is InChI=1S/C17H27N5O/c1-11-18-16-15(6-3-9-22(16)21-11)20-17(23)19-14-5-2-4-13(10-14)12-7-8-12/h12-15H,2-10H2,1H3,(H2,19,20,23)/t13-,14+,15-/m0/s1. The van der Waals surface area contributed by atoms with E-state index in [4.69, 9.17) is 0 Å². The summed E-state index contributed by atoms with van der Waals surface area (Å²) in [5, 5.41) is 10.7. The van der Waals surface area contributed by atoms with Crippen LogP contribution >= 0.6 is 0 Å². The van der Waals surface area contributed by atoms with Crippen molar-refractivity contribution in [2.75, 3.05) is 0 Å². The number of nitrogens with zero attached hydrogens (tertiary/aromatic N) is 3. The highest BCUT2D eigenvalue weighted by molar-refractivity contribution is 5.74. The van der Waals surface area contributed by atoms with Crippen molar-refractivity contribution in [2.24, 2.45) is 11.8 Å². The van der Waals surface area contributed by atoms with E-state index in [1.54, 1.807) is 0 Å². The van der Waals surface area contributed by atoms with Gasteiger partial charge in [-0.05, 0) is 57.3 Å². The van der Waals surface area contributed by atoms with E-state index in [1.165, 1.54) is 25.7 Å². The minimum Gasteiger partial charge on any atom is -0.335 e. The zero-order chi connectivity index (χ0) is 15.8. The first-order valence-corrected chi connectivity index (χ1v) is 9.17. The van der Waals surface area contributed by atoms with Crippen LogP contribution in [0.25, 0.3) is 0 Å². The molecule has 1 aromatic rings. The molecule has 6 heteroatoms. The van der Waals surface area contributed by atoms with Crippen LogP contribution in [0.3, 0.4) is 0 Å². The van der Waals surface area contributed by atoms with Crippen molar-refractivity contribution >= 4 is 6.03 Å². The SMILES string of the molecule is Cc1nc2n(n1)CCC[C@@H]2NC(=O)N[C@@H]1CCC[C@H](C2CC2)C1. The molecule has 1 aliphatic heterocycles. The quantitative estimate of drug-likeness (QED) is 0.900. The number of amides is 2. The fourth-order valence-electron chi connectivity index (χ4n) is 4.34. The molecule has 2 saturated carbocycles. The Morgan fingerprint density at radius 2 is 1.96 bits per heavy atom. The average Bonchev–Trinajstić information content (AvgIpc) is 3.29. The molecule has 0 spiro atoms. The number of carbonyl (C=O) groups is 1. The number of urea groups is 1. The maximum absolute atomic E-state index is 12.4. The molecular weight excluding hydrogens is 290 g/mol. The number of fused-ring (bicyclic) bond motifs is 1. The molecule has 126 valence electrons. The summed E-state index contributed by atoms with van der Waals surface area (Å²) < 4.78 is 1.94. The van der Waals surface area contributed by atoms with E-state index in [1.807, 2.05) is 11.6 Å². The van der Waals surface area contributed by atoms with E-state index in [0.717, 1.165) is 55.7 Å². The third-order valence-corrected chi connectivity index (χ3v) is 5.62. The van der Waals surface area contributed by atoms with Gasteiger partial charge in [-0.2, -0.15) is 5.10 Å². The summed E-state index contributed by atoms with van der Waals surface area (Å²) in [6.45, 7) is 2.81. The third-order valence-electron chi connectivity index (χ3n) is 5.62. The molecule has 2 fully saturated rings. The van der Waals surface area contributed by atoms with Crippen molar-refractivity contribution in [2.45, 2.75) is 76.9 Å². The number of aryl methyl sites for hydroxylation is 2. The van der Waals surface area contributed by atoms with Crippen LogP contribution in [0.2, 0.25) is 0 Å². The maximum atomic E-state index is 12.4. The van der Waals surface area contributed by atoms with Crippen molar-refractivity contribution in [1.82, 2.24) is 25.4 Å². The Balaban J connectivity index is 1.33. The molecule has 0 aromatic carbocycles. The second-order valence-corrected chi connectivity index (χ2v) is 7.51. The first-order valence-electron chi connectivity index (χ1n) is 9.17.